The van der Waals surface area contributed by atoms with Crippen LogP contribution in [0.3, 0.4) is 0 Å². The molecule has 1 aromatic heterocycles. The summed E-state index contributed by atoms with van der Waals surface area (Å²) in [6.45, 7) is 10.2. The Morgan fingerprint density at radius 1 is 1.25 bits per heavy atom. The van der Waals surface area contributed by atoms with Gasteiger partial charge in [-0.15, -0.1) is 0 Å². The highest BCUT2D eigenvalue weighted by Crippen LogP contribution is 2.36. The Hall–Kier alpha value is -1.38. The Balaban J connectivity index is 2.28. The van der Waals surface area contributed by atoms with Gasteiger partial charge in [0, 0.05) is 24.7 Å². The molecule has 1 aromatic rings. The van der Waals surface area contributed by atoms with Crippen LogP contribution >= 0.6 is 0 Å². The molecular formula is C15H21BN2O2. The van der Waals surface area contributed by atoms with Crippen LogP contribution in [0.1, 0.15) is 45.4 Å². The summed E-state index contributed by atoms with van der Waals surface area (Å²) in [6.07, 6.45) is 2.95. The average molecular weight is 272 g/mol. The van der Waals surface area contributed by atoms with Crippen molar-refractivity contribution in [2.75, 3.05) is 0 Å². The quantitative estimate of drug-likeness (QED) is 0.791. The van der Waals surface area contributed by atoms with Crippen molar-refractivity contribution < 1.29 is 9.31 Å². The van der Waals surface area contributed by atoms with Crippen LogP contribution in [-0.4, -0.2) is 23.3 Å². The molecule has 106 valence electrons. The molecule has 0 amide bonds. The van der Waals surface area contributed by atoms with Crippen molar-refractivity contribution >= 4 is 12.6 Å². The third-order valence-corrected chi connectivity index (χ3v) is 4.20. The average Bonchev–Trinajstić information content (AvgIpc) is 2.57. The normalized spacial score (nSPS) is 19.9. The van der Waals surface area contributed by atoms with E-state index >= 15 is 0 Å². The van der Waals surface area contributed by atoms with E-state index in [4.69, 9.17) is 14.6 Å². The molecule has 1 fully saturated rings. The van der Waals surface area contributed by atoms with Crippen molar-refractivity contribution in [1.29, 1.82) is 5.26 Å². The third kappa shape index (κ3) is 2.72. The van der Waals surface area contributed by atoms with Gasteiger partial charge < -0.3 is 9.31 Å². The Labute approximate surface area is 121 Å². The smallest absolute Gasteiger partial charge is 0.399 e. The van der Waals surface area contributed by atoms with Gasteiger partial charge in [-0.1, -0.05) is 0 Å². The minimum absolute atomic E-state index is 0.347. The van der Waals surface area contributed by atoms with Gasteiger partial charge >= 0.3 is 7.12 Å². The van der Waals surface area contributed by atoms with E-state index < -0.39 is 0 Å². The van der Waals surface area contributed by atoms with E-state index in [0.717, 1.165) is 16.7 Å². The van der Waals surface area contributed by atoms with Crippen LogP contribution in [0.4, 0.5) is 0 Å². The van der Waals surface area contributed by atoms with Gasteiger partial charge in [-0.05, 0) is 51.7 Å². The maximum atomic E-state index is 8.67. The SMILES string of the molecule is Cc1cnc(CCC#N)cc1B1OC(C)(C)C(C)(C)O1. The molecule has 1 saturated heterocycles. The van der Waals surface area contributed by atoms with E-state index in [1.165, 1.54) is 0 Å². The summed E-state index contributed by atoms with van der Waals surface area (Å²) in [6, 6.07) is 4.14. The summed E-state index contributed by atoms with van der Waals surface area (Å²) < 4.78 is 12.2. The van der Waals surface area contributed by atoms with E-state index in [2.05, 4.69) is 11.1 Å². The van der Waals surface area contributed by atoms with E-state index in [-0.39, 0.29) is 18.3 Å². The number of aromatic nitrogens is 1. The lowest BCUT2D eigenvalue weighted by Crippen LogP contribution is -2.41. The van der Waals surface area contributed by atoms with Gasteiger partial charge in [0.1, 0.15) is 0 Å². The highest BCUT2D eigenvalue weighted by molar-refractivity contribution is 6.62. The summed E-state index contributed by atoms with van der Waals surface area (Å²) in [7, 11) is -0.371. The van der Waals surface area contributed by atoms with E-state index in [0.29, 0.717) is 12.8 Å². The van der Waals surface area contributed by atoms with Crippen LogP contribution in [-0.2, 0) is 15.7 Å². The molecule has 0 spiro atoms. The predicted molar refractivity (Wildman–Crippen MR) is 78.6 cm³/mol. The Kier molecular flexibility index (Phi) is 3.90. The van der Waals surface area contributed by atoms with Crippen molar-refractivity contribution in [3.63, 3.8) is 0 Å². The Morgan fingerprint density at radius 3 is 2.40 bits per heavy atom. The lowest BCUT2D eigenvalue weighted by molar-refractivity contribution is 0.00578. The Morgan fingerprint density at radius 2 is 1.85 bits per heavy atom. The standard InChI is InChI=1S/C15H21BN2O2/c1-11-10-18-12(7-6-8-17)9-13(11)16-19-14(2,3)15(4,5)20-16/h9-10H,6-7H2,1-5H3. The number of hydrogen-bond donors (Lipinski definition) is 0. The van der Waals surface area contributed by atoms with Crippen LogP contribution in [0.2, 0.25) is 0 Å². The van der Waals surface area contributed by atoms with E-state index in [1.54, 1.807) is 0 Å². The molecule has 20 heavy (non-hydrogen) atoms. The van der Waals surface area contributed by atoms with E-state index in [1.807, 2.05) is 46.9 Å². The summed E-state index contributed by atoms with van der Waals surface area (Å²) in [4.78, 5) is 4.36. The van der Waals surface area contributed by atoms with Crippen LogP contribution in [0.25, 0.3) is 0 Å². The monoisotopic (exact) mass is 272 g/mol. The van der Waals surface area contributed by atoms with Gasteiger partial charge in [0.2, 0.25) is 0 Å². The zero-order valence-electron chi connectivity index (χ0n) is 12.9. The topological polar surface area (TPSA) is 55.1 Å². The Bertz CT molecular complexity index is 533. The second kappa shape index (κ2) is 5.19. The molecule has 0 N–H and O–H groups in total. The second-order valence-electron chi connectivity index (χ2n) is 6.28. The first-order valence-electron chi connectivity index (χ1n) is 6.95. The molecule has 2 heterocycles. The summed E-state index contributed by atoms with van der Waals surface area (Å²) >= 11 is 0. The molecule has 0 atom stereocenters. The molecule has 5 heteroatoms. The minimum atomic E-state index is -0.371. The number of aryl methyl sites for hydroxylation is 2. The number of nitriles is 1. The van der Waals surface area contributed by atoms with Crippen molar-refractivity contribution in [2.45, 2.75) is 58.7 Å². The van der Waals surface area contributed by atoms with Gasteiger partial charge in [-0.25, -0.2) is 0 Å². The molecule has 1 aliphatic heterocycles. The zero-order chi connectivity index (χ0) is 15.0. The first-order chi connectivity index (χ1) is 9.27. The summed E-state index contributed by atoms with van der Waals surface area (Å²) in [5.74, 6) is 0. The predicted octanol–water partition coefficient (Wildman–Crippen LogP) is 2.15. The molecule has 0 saturated carbocycles. The molecule has 4 nitrogen and oxygen atoms in total. The maximum absolute atomic E-state index is 8.67. The minimum Gasteiger partial charge on any atom is -0.399 e. The van der Waals surface area contributed by atoms with Crippen LogP contribution < -0.4 is 5.46 Å². The maximum Gasteiger partial charge on any atom is 0.495 e. The number of hydrogen-bond acceptors (Lipinski definition) is 4. The van der Waals surface area contributed by atoms with Crippen molar-refractivity contribution in [1.82, 2.24) is 4.98 Å². The van der Waals surface area contributed by atoms with Gasteiger partial charge in [0.15, 0.2) is 0 Å². The number of nitrogens with zero attached hydrogens (tertiary/aromatic N) is 2. The highest BCUT2D eigenvalue weighted by Gasteiger charge is 2.52. The van der Waals surface area contributed by atoms with Gasteiger partial charge in [0.05, 0.1) is 17.3 Å². The van der Waals surface area contributed by atoms with E-state index in [9.17, 15) is 0 Å². The molecule has 0 aromatic carbocycles. The fourth-order valence-electron chi connectivity index (χ4n) is 2.13. The number of rotatable bonds is 3. The van der Waals surface area contributed by atoms with Crippen LogP contribution in [0, 0.1) is 18.3 Å². The highest BCUT2D eigenvalue weighted by atomic mass is 16.7. The number of pyridine rings is 1. The van der Waals surface area contributed by atoms with Crippen molar-refractivity contribution in [2.24, 2.45) is 0 Å². The fraction of sp³-hybridized carbons (Fsp3) is 0.600. The van der Waals surface area contributed by atoms with Crippen molar-refractivity contribution in [3.8, 4) is 6.07 Å². The lowest BCUT2D eigenvalue weighted by Gasteiger charge is -2.32. The fourth-order valence-corrected chi connectivity index (χ4v) is 2.13. The molecule has 1 aliphatic rings. The second-order valence-corrected chi connectivity index (χ2v) is 6.28. The van der Waals surface area contributed by atoms with Gasteiger partial charge in [-0.2, -0.15) is 5.26 Å². The third-order valence-electron chi connectivity index (χ3n) is 4.20. The molecule has 0 unspecified atom stereocenters. The molecule has 2 rings (SSSR count). The van der Waals surface area contributed by atoms with Crippen molar-refractivity contribution in [3.05, 3.63) is 23.5 Å². The van der Waals surface area contributed by atoms with Gasteiger partial charge in [-0.3, -0.25) is 4.98 Å². The zero-order valence-corrected chi connectivity index (χ0v) is 12.9. The first kappa shape index (κ1) is 15.0. The molecule has 0 aliphatic carbocycles. The molecular weight excluding hydrogens is 251 g/mol. The summed E-state index contributed by atoms with van der Waals surface area (Å²) in [5.41, 5.74) is 2.26. The first-order valence-corrected chi connectivity index (χ1v) is 6.95. The molecule has 0 bridgehead atoms. The van der Waals surface area contributed by atoms with Gasteiger partial charge in [0.25, 0.3) is 0 Å². The largest absolute Gasteiger partial charge is 0.495 e. The van der Waals surface area contributed by atoms with Crippen LogP contribution in [0.15, 0.2) is 12.3 Å². The molecule has 0 radical (unpaired) electrons. The van der Waals surface area contributed by atoms with Crippen LogP contribution in [0.5, 0.6) is 0 Å². The lowest BCUT2D eigenvalue weighted by atomic mass is 9.76. The summed E-state index contributed by atoms with van der Waals surface area (Å²) in [5, 5.41) is 8.67.